The van der Waals surface area contributed by atoms with Crippen molar-refractivity contribution in [3.63, 3.8) is 0 Å². The topological polar surface area (TPSA) is 38.3 Å². The second-order valence-corrected chi connectivity index (χ2v) is 3.83. The Hall–Kier alpha value is -0.0600. The monoisotopic (exact) mass is 189 g/mol. The van der Waals surface area contributed by atoms with E-state index in [1.807, 2.05) is 18.7 Å². The molecule has 0 aliphatic carbocycles. The predicted molar refractivity (Wildman–Crippen MR) is 50.6 cm³/mol. The van der Waals surface area contributed by atoms with Gasteiger partial charge in [-0.2, -0.15) is 11.8 Å². The Kier molecular flexibility index (Phi) is 4.65. The van der Waals surface area contributed by atoms with Crippen molar-refractivity contribution in [2.24, 2.45) is 0 Å². The fraction of sp³-hybridized carbons (Fsp3) is 0.875. The Labute approximate surface area is 77.2 Å². The minimum Gasteiger partial charge on any atom is -0.374 e. The second kappa shape index (κ2) is 5.56. The lowest BCUT2D eigenvalue weighted by atomic mass is 10.2. The second-order valence-electron chi connectivity index (χ2n) is 2.69. The van der Waals surface area contributed by atoms with Crippen LogP contribution >= 0.6 is 11.8 Å². The third kappa shape index (κ3) is 3.13. The largest absolute Gasteiger partial charge is 0.374 e. The molecule has 1 aliphatic heterocycles. The number of hydrogen-bond donors (Lipinski definition) is 1. The maximum absolute atomic E-state index is 11.4. The van der Waals surface area contributed by atoms with Gasteiger partial charge in [-0.3, -0.25) is 4.79 Å². The number of carbonyl (C=O) groups is 1. The molecule has 0 aromatic heterocycles. The van der Waals surface area contributed by atoms with Crippen molar-refractivity contribution in [1.29, 1.82) is 0 Å². The lowest BCUT2D eigenvalue weighted by Gasteiger charge is -2.21. The van der Waals surface area contributed by atoms with E-state index in [4.69, 9.17) is 4.74 Å². The summed E-state index contributed by atoms with van der Waals surface area (Å²) in [5.41, 5.74) is 0. The number of nitrogens with one attached hydrogen (secondary N) is 1. The molecule has 1 atom stereocenters. The molecule has 1 saturated heterocycles. The summed E-state index contributed by atoms with van der Waals surface area (Å²) in [7, 11) is 0. The van der Waals surface area contributed by atoms with Crippen molar-refractivity contribution < 1.29 is 9.53 Å². The van der Waals surface area contributed by atoms with Crippen LogP contribution in [-0.4, -0.2) is 43.1 Å². The lowest BCUT2D eigenvalue weighted by molar-refractivity contribution is -0.125. The van der Waals surface area contributed by atoms with Crippen LogP contribution in [-0.2, 0) is 9.53 Å². The van der Waals surface area contributed by atoms with E-state index in [1.165, 1.54) is 0 Å². The van der Waals surface area contributed by atoms with E-state index in [0.717, 1.165) is 18.1 Å². The van der Waals surface area contributed by atoms with E-state index in [1.54, 1.807) is 0 Å². The molecule has 0 aromatic rings. The molecule has 0 radical (unpaired) electrons. The molecule has 0 bridgehead atoms. The van der Waals surface area contributed by atoms with Gasteiger partial charge in [0, 0.05) is 24.7 Å². The first-order chi connectivity index (χ1) is 5.84. The maximum Gasteiger partial charge on any atom is 0.176 e. The van der Waals surface area contributed by atoms with Crippen molar-refractivity contribution in [1.82, 2.24) is 5.32 Å². The van der Waals surface area contributed by atoms with Crippen LogP contribution in [0.4, 0.5) is 0 Å². The zero-order chi connectivity index (χ0) is 8.81. The van der Waals surface area contributed by atoms with Gasteiger partial charge < -0.3 is 10.1 Å². The van der Waals surface area contributed by atoms with E-state index in [0.29, 0.717) is 6.61 Å². The summed E-state index contributed by atoms with van der Waals surface area (Å²) in [5.74, 6) is 2.19. The normalized spacial score (nSPS) is 23.9. The molecule has 0 saturated carbocycles. The molecule has 1 N–H and O–H groups in total. The van der Waals surface area contributed by atoms with Crippen LogP contribution in [0.3, 0.4) is 0 Å². The number of ketones is 1. The number of carbonyl (C=O) groups excluding carboxylic acids is 1. The molecule has 0 amide bonds. The van der Waals surface area contributed by atoms with Crippen molar-refractivity contribution in [2.45, 2.75) is 13.0 Å². The van der Waals surface area contributed by atoms with Gasteiger partial charge in [-0.25, -0.2) is 0 Å². The number of ether oxygens (including phenoxy) is 1. The van der Waals surface area contributed by atoms with Crippen LogP contribution < -0.4 is 5.32 Å². The third-order valence-corrected chi connectivity index (χ3v) is 2.82. The van der Waals surface area contributed by atoms with E-state index in [9.17, 15) is 4.79 Å². The Bertz CT molecular complexity index is 146. The molecule has 70 valence electrons. The first kappa shape index (κ1) is 10.0. The van der Waals surface area contributed by atoms with Gasteiger partial charge in [0.2, 0.25) is 0 Å². The van der Waals surface area contributed by atoms with Gasteiger partial charge in [0.1, 0.15) is 6.61 Å². The average molecular weight is 189 g/mol. The zero-order valence-electron chi connectivity index (χ0n) is 7.34. The molecule has 3 nitrogen and oxygen atoms in total. The van der Waals surface area contributed by atoms with Gasteiger partial charge in [0.25, 0.3) is 0 Å². The summed E-state index contributed by atoms with van der Waals surface area (Å²) in [6, 6.07) is 0.0234. The molecule has 12 heavy (non-hydrogen) atoms. The molecular weight excluding hydrogens is 174 g/mol. The van der Waals surface area contributed by atoms with E-state index in [2.05, 4.69) is 5.32 Å². The van der Waals surface area contributed by atoms with E-state index in [-0.39, 0.29) is 18.4 Å². The highest BCUT2D eigenvalue weighted by atomic mass is 32.2. The smallest absolute Gasteiger partial charge is 0.176 e. The highest BCUT2D eigenvalue weighted by Crippen LogP contribution is 2.08. The van der Waals surface area contributed by atoms with Crippen LogP contribution in [0, 0.1) is 0 Å². The predicted octanol–water partition coefficient (Wildman–Crippen LogP) is 0.297. The summed E-state index contributed by atoms with van der Waals surface area (Å²) in [4.78, 5) is 11.4. The average Bonchev–Trinajstić information content (AvgIpc) is 2.15. The van der Waals surface area contributed by atoms with Crippen molar-refractivity contribution in [3.8, 4) is 0 Å². The minimum absolute atomic E-state index is 0.0234. The summed E-state index contributed by atoms with van der Waals surface area (Å²) in [6.07, 6.45) is 0. The highest BCUT2D eigenvalue weighted by molar-refractivity contribution is 7.99. The number of hydrogen-bond acceptors (Lipinski definition) is 4. The van der Waals surface area contributed by atoms with Crippen molar-refractivity contribution in [2.75, 3.05) is 31.3 Å². The SMILES string of the molecule is CCOCC(=O)C1CSCCN1. The maximum atomic E-state index is 11.4. The fourth-order valence-corrected chi connectivity index (χ4v) is 2.04. The Morgan fingerprint density at radius 3 is 3.17 bits per heavy atom. The standard InChI is InChI=1S/C8H15NO2S/c1-2-11-5-8(10)7-6-12-4-3-9-7/h7,9H,2-6H2,1H3. The number of Topliss-reactive ketones (excluding diaryl/α,β-unsaturated/α-hetero) is 1. The Morgan fingerprint density at radius 2 is 2.58 bits per heavy atom. The van der Waals surface area contributed by atoms with Gasteiger partial charge in [0.15, 0.2) is 5.78 Å². The van der Waals surface area contributed by atoms with Crippen LogP contribution in [0.15, 0.2) is 0 Å². The molecule has 0 spiro atoms. The van der Waals surface area contributed by atoms with Crippen LogP contribution in [0.2, 0.25) is 0 Å². The Balaban J connectivity index is 2.20. The molecule has 1 fully saturated rings. The van der Waals surface area contributed by atoms with E-state index >= 15 is 0 Å². The van der Waals surface area contributed by atoms with Gasteiger partial charge >= 0.3 is 0 Å². The quantitative estimate of drug-likeness (QED) is 0.690. The molecule has 1 heterocycles. The van der Waals surface area contributed by atoms with Crippen LogP contribution in [0.1, 0.15) is 6.92 Å². The first-order valence-electron chi connectivity index (χ1n) is 4.26. The van der Waals surface area contributed by atoms with Crippen LogP contribution in [0.25, 0.3) is 0 Å². The van der Waals surface area contributed by atoms with Crippen molar-refractivity contribution in [3.05, 3.63) is 0 Å². The Morgan fingerprint density at radius 1 is 1.75 bits per heavy atom. The lowest BCUT2D eigenvalue weighted by Crippen LogP contribution is -2.44. The summed E-state index contributed by atoms with van der Waals surface area (Å²) in [5, 5.41) is 3.18. The molecule has 1 aliphatic rings. The van der Waals surface area contributed by atoms with Gasteiger partial charge in [-0.1, -0.05) is 0 Å². The summed E-state index contributed by atoms with van der Waals surface area (Å²) >= 11 is 1.83. The van der Waals surface area contributed by atoms with Crippen molar-refractivity contribution >= 4 is 17.5 Å². The summed E-state index contributed by atoms with van der Waals surface area (Å²) in [6.45, 7) is 3.71. The zero-order valence-corrected chi connectivity index (χ0v) is 8.15. The highest BCUT2D eigenvalue weighted by Gasteiger charge is 2.20. The summed E-state index contributed by atoms with van der Waals surface area (Å²) < 4.78 is 5.05. The first-order valence-corrected chi connectivity index (χ1v) is 5.41. The molecule has 1 unspecified atom stereocenters. The third-order valence-electron chi connectivity index (χ3n) is 1.76. The fourth-order valence-electron chi connectivity index (χ4n) is 1.08. The molecule has 1 rings (SSSR count). The minimum atomic E-state index is 0.0234. The number of rotatable bonds is 4. The van der Waals surface area contributed by atoms with Gasteiger partial charge in [-0.05, 0) is 6.92 Å². The van der Waals surface area contributed by atoms with Gasteiger partial charge in [-0.15, -0.1) is 0 Å². The van der Waals surface area contributed by atoms with E-state index < -0.39 is 0 Å². The number of thioether (sulfide) groups is 1. The van der Waals surface area contributed by atoms with Crippen LogP contribution in [0.5, 0.6) is 0 Å². The van der Waals surface area contributed by atoms with Gasteiger partial charge in [0.05, 0.1) is 6.04 Å². The molecule has 4 heteroatoms. The molecular formula is C8H15NO2S. The molecule has 0 aromatic carbocycles.